The number of carbonyl (C=O) groups is 2. The summed E-state index contributed by atoms with van der Waals surface area (Å²) in [5, 5.41) is 13.4. The zero-order valence-corrected chi connectivity index (χ0v) is 19.1. The molecule has 0 fully saturated rings. The summed E-state index contributed by atoms with van der Waals surface area (Å²) in [6.45, 7) is 6.81. The molecule has 0 saturated carbocycles. The predicted molar refractivity (Wildman–Crippen MR) is 123 cm³/mol. The maximum absolute atomic E-state index is 13.4. The van der Waals surface area contributed by atoms with Crippen LogP contribution in [0.15, 0.2) is 45.4 Å². The Labute approximate surface area is 194 Å². The minimum Gasteiger partial charge on any atom is -0.360 e. The van der Waals surface area contributed by atoms with E-state index in [4.69, 9.17) is 20.6 Å². The molecule has 0 bridgehead atoms. The van der Waals surface area contributed by atoms with E-state index in [2.05, 4.69) is 25.9 Å². The second-order valence-electron chi connectivity index (χ2n) is 7.44. The van der Waals surface area contributed by atoms with Gasteiger partial charge in [0.05, 0.1) is 22.5 Å². The van der Waals surface area contributed by atoms with Crippen LogP contribution in [-0.4, -0.2) is 27.1 Å². The van der Waals surface area contributed by atoms with Crippen LogP contribution in [-0.2, 0) is 0 Å². The van der Waals surface area contributed by atoms with Gasteiger partial charge in [-0.1, -0.05) is 40.1 Å². The molecule has 10 heteroatoms. The molecule has 0 atom stereocenters. The van der Waals surface area contributed by atoms with Gasteiger partial charge in [-0.25, -0.2) is 0 Å². The summed E-state index contributed by atoms with van der Waals surface area (Å²) in [6.07, 6.45) is 0. The van der Waals surface area contributed by atoms with Crippen LogP contribution < -0.4 is 10.6 Å². The number of halogens is 1. The number of amides is 2. The average Bonchev–Trinajstić information content (AvgIpc) is 3.34. The van der Waals surface area contributed by atoms with Crippen LogP contribution in [0.2, 0.25) is 5.02 Å². The summed E-state index contributed by atoms with van der Waals surface area (Å²) in [6, 6.07) is 10.1. The number of aromatic nitrogens is 3. The third-order valence-electron chi connectivity index (χ3n) is 4.90. The Balaban J connectivity index is 1.90. The summed E-state index contributed by atoms with van der Waals surface area (Å²) < 4.78 is 10.1. The van der Waals surface area contributed by atoms with E-state index in [0.717, 1.165) is 0 Å². The smallest absolute Gasteiger partial charge is 0.259 e. The van der Waals surface area contributed by atoms with E-state index in [1.807, 2.05) is 0 Å². The minimum atomic E-state index is -0.505. The average molecular weight is 466 g/mol. The summed E-state index contributed by atoms with van der Waals surface area (Å²) in [5.74, 6) is 0.555. The van der Waals surface area contributed by atoms with E-state index in [1.54, 1.807) is 64.1 Å². The lowest BCUT2D eigenvalue weighted by Crippen LogP contribution is -2.22. The molecule has 0 saturated heterocycles. The number of aryl methyl sites for hydroxylation is 4. The number of nitrogens with zero attached hydrogens (tertiary/aromatic N) is 3. The van der Waals surface area contributed by atoms with E-state index in [1.165, 1.54) is 0 Å². The number of anilines is 2. The normalized spacial score (nSPS) is 10.8. The number of nitrogens with one attached hydrogen (secondary N) is 2. The van der Waals surface area contributed by atoms with E-state index in [-0.39, 0.29) is 22.8 Å². The molecule has 168 valence electrons. The van der Waals surface area contributed by atoms with Gasteiger partial charge in [0.2, 0.25) is 0 Å². The molecule has 4 aromatic rings. The van der Waals surface area contributed by atoms with Crippen molar-refractivity contribution in [2.24, 2.45) is 0 Å². The molecule has 2 N–H and O–H groups in total. The first-order valence-corrected chi connectivity index (χ1v) is 10.4. The molecule has 4 rings (SSSR count). The van der Waals surface area contributed by atoms with Crippen molar-refractivity contribution in [3.8, 4) is 11.1 Å². The lowest BCUT2D eigenvalue weighted by Gasteiger charge is -2.19. The van der Waals surface area contributed by atoms with Crippen molar-refractivity contribution < 1.29 is 18.6 Å². The van der Waals surface area contributed by atoms with Crippen molar-refractivity contribution in [2.75, 3.05) is 10.6 Å². The van der Waals surface area contributed by atoms with E-state index >= 15 is 0 Å². The quantitative estimate of drug-likeness (QED) is 0.419. The molecule has 0 aliphatic heterocycles. The van der Waals surface area contributed by atoms with Gasteiger partial charge in [0.25, 0.3) is 11.8 Å². The fraction of sp³-hybridized carbons (Fsp3) is 0.174. The monoisotopic (exact) mass is 465 g/mol. The lowest BCUT2D eigenvalue weighted by atomic mass is 9.91. The molecule has 1 aromatic carbocycles. The second kappa shape index (κ2) is 8.87. The number of hydrogen-bond donors (Lipinski definition) is 2. The van der Waals surface area contributed by atoms with Crippen LogP contribution in [0.1, 0.15) is 43.6 Å². The van der Waals surface area contributed by atoms with Gasteiger partial charge in [-0.3, -0.25) is 14.6 Å². The molecule has 33 heavy (non-hydrogen) atoms. The molecule has 9 nitrogen and oxygen atoms in total. The van der Waals surface area contributed by atoms with Crippen LogP contribution in [0.5, 0.6) is 0 Å². The Morgan fingerprint density at radius 3 is 1.73 bits per heavy atom. The molecule has 3 aromatic heterocycles. The fourth-order valence-corrected chi connectivity index (χ4v) is 3.78. The van der Waals surface area contributed by atoms with Gasteiger partial charge in [0.1, 0.15) is 11.5 Å². The number of pyridine rings is 1. The SMILES string of the molecule is Cc1cc(NC(=O)c2c(C)nc(C)c(C(=O)Nc3cc(C)on3)c2-c2ccccc2Cl)no1. The third kappa shape index (κ3) is 4.49. The van der Waals surface area contributed by atoms with E-state index < -0.39 is 11.8 Å². The van der Waals surface area contributed by atoms with Gasteiger partial charge in [0.15, 0.2) is 11.6 Å². The molecule has 0 unspecified atom stereocenters. The number of hydrogen-bond acceptors (Lipinski definition) is 7. The molecule has 0 spiro atoms. The van der Waals surface area contributed by atoms with Gasteiger partial charge in [-0.05, 0) is 33.8 Å². The molecule has 3 heterocycles. The fourth-order valence-electron chi connectivity index (χ4n) is 3.55. The van der Waals surface area contributed by atoms with Crippen molar-refractivity contribution >= 4 is 35.1 Å². The van der Waals surface area contributed by atoms with Crippen LogP contribution >= 0.6 is 11.6 Å². The Kier molecular flexibility index (Phi) is 5.97. The van der Waals surface area contributed by atoms with Crippen molar-refractivity contribution in [1.82, 2.24) is 15.3 Å². The molecule has 0 radical (unpaired) electrons. The Morgan fingerprint density at radius 1 is 0.818 bits per heavy atom. The molecule has 0 aliphatic rings. The van der Waals surface area contributed by atoms with Crippen molar-refractivity contribution in [1.29, 1.82) is 0 Å². The van der Waals surface area contributed by atoms with Gasteiger partial charge in [0, 0.05) is 28.3 Å². The first kappa shape index (κ1) is 22.2. The first-order valence-electron chi connectivity index (χ1n) is 10.00. The van der Waals surface area contributed by atoms with Crippen molar-refractivity contribution in [2.45, 2.75) is 27.7 Å². The van der Waals surface area contributed by atoms with Crippen molar-refractivity contribution in [3.63, 3.8) is 0 Å². The maximum atomic E-state index is 13.4. The zero-order chi connectivity index (χ0) is 23.7. The zero-order valence-electron chi connectivity index (χ0n) is 18.3. The molecular formula is C23H20ClN5O4. The van der Waals surface area contributed by atoms with Crippen LogP contribution in [0.4, 0.5) is 11.6 Å². The summed E-state index contributed by atoms with van der Waals surface area (Å²) in [4.78, 5) is 31.2. The third-order valence-corrected chi connectivity index (χ3v) is 5.23. The standard InChI is InChI=1S/C23H20ClN5O4/c1-11-9-17(28-32-11)26-22(30)19-13(3)25-14(4)20(21(19)15-7-5-6-8-16(15)24)23(31)27-18-10-12(2)33-29-18/h5-10H,1-4H3,(H,26,28,30)(H,27,29,31). The second-order valence-corrected chi connectivity index (χ2v) is 7.85. The Morgan fingerprint density at radius 2 is 1.30 bits per heavy atom. The number of carbonyl (C=O) groups excluding carboxylic acids is 2. The van der Waals surface area contributed by atoms with Gasteiger partial charge >= 0.3 is 0 Å². The van der Waals surface area contributed by atoms with Gasteiger partial charge in [-0.15, -0.1) is 0 Å². The summed E-state index contributed by atoms with van der Waals surface area (Å²) in [7, 11) is 0. The van der Waals surface area contributed by atoms with E-state index in [9.17, 15) is 9.59 Å². The Hall–Kier alpha value is -3.98. The maximum Gasteiger partial charge on any atom is 0.259 e. The largest absolute Gasteiger partial charge is 0.360 e. The van der Waals surface area contributed by atoms with Gasteiger partial charge in [-0.2, -0.15) is 0 Å². The number of benzene rings is 1. The molecule has 2 amide bonds. The molecule has 0 aliphatic carbocycles. The summed E-state index contributed by atoms with van der Waals surface area (Å²) >= 11 is 6.51. The lowest BCUT2D eigenvalue weighted by molar-refractivity contribution is 0.102. The Bertz CT molecular complexity index is 1300. The number of rotatable bonds is 5. The predicted octanol–water partition coefficient (Wildman–Crippen LogP) is 5.12. The molecular weight excluding hydrogens is 446 g/mol. The highest BCUT2D eigenvalue weighted by atomic mass is 35.5. The van der Waals surface area contributed by atoms with Crippen LogP contribution in [0.3, 0.4) is 0 Å². The van der Waals surface area contributed by atoms with E-state index in [0.29, 0.717) is 39.1 Å². The highest BCUT2D eigenvalue weighted by molar-refractivity contribution is 6.34. The topological polar surface area (TPSA) is 123 Å². The summed E-state index contributed by atoms with van der Waals surface area (Å²) in [5.41, 5.74) is 2.09. The van der Waals surface area contributed by atoms with Crippen LogP contribution in [0.25, 0.3) is 11.1 Å². The van der Waals surface area contributed by atoms with Crippen molar-refractivity contribution in [3.05, 3.63) is 75.5 Å². The first-order chi connectivity index (χ1) is 15.7. The van der Waals surface area contributed by atoms with Gasteiger partial charge < -0.3 is 19.7 Å². The minimum absolute atomic E-state index is 0.191. The highest BCUT2D eigenvalue weighted by Crippen LogP contribution is 2.36. The van der Waals surface area contributed by atoms with Crippen LogP contribution in [0, 0.1) is 27.7 Å². The highest BCUT2D eigenvalue weighted by Gasteiger charge is 2.28.